The lowest BCUT2D eigenvalue weighted by molar-refractivity contribution is -0.205. The van der Waals surface area contributed by atoms with E-state index >= 15 is 0 Å². The maximum Gasteiger partial charge on any atom is 0.237 e. The van der Waals surface area contributed by atoms with Crippen LogP contribution in [0, 0.1) is 5.92 Å². The molecule has 1 aromatic carbocycles. The molecule has 5 N–H and O–H groups in total. The van der Waals surface area contributed by atoms with E-state index < -0.39 is 57.1 Å². The van der Waals surface area contributed by atoms with Crippen LogP contribution in [0.3, 0.4) is 0 Å². The van der Waals surface area contributed by atoms with E-state index in [4.69, 9.17) is 16.3 Å². The van der Waals surface area contributed by atoms with E-state index in [2.05, 4.69) is 10.6 Å². The molecule has 3 rings (SSSR count). The number of carbonyl (C=O) groups excluding carboxylic acids is 1. The Morgan fingerprint density at radius 3 is 2.51 bits per heavy atom. The number of nitrogens with one attached hydrogen (secondary N) is 2. The van der Waals surface area contributed by atoms with Crippen LogP contribution in [0.5, 0.6) is 0 Å². The molecule has 2 saturated heterocycles. The topological polar surface area (TPSA) is 145 Å². The number of benzene rings is 1. The van der Waals surface area contributed by atoms with Gasteiger partial charge in [0, 0.05) is 0 Å². The molecule has 2 fully saturated rings. The monoisotopic (exact) mass is 578 g/mol. The van der Waals surface area contributed by atoms with Gasteiger partial charge in [0.15, 0.2) is 9.84 Å². The van der Waals surface area contributed by atoms with Crippen LogP contribution in [0.15, 0.2) is 35.2 Å². The summed E-state index contributed by atoms with van der Waals surface area (Å²) >= 11 is 7.57. The highest BCUT2D eigenvalue weighted by Gasteiger charge is 2.48. The van der Waals surface area contributed by atoms with Crippen molar-refractivity contribution < 1.29 is 33.3 Å². The molecule has 2 heterocycles. The normalized spacial score (nSPS) is 32.8. The van der Waals surface area contributed by atoms with Crippen molar-refractivity contribution in [1.29, 1.82) is 0 Å². The Kier molecular flexibility index (Phi) is 11.5. The van der Waals surface area contributed by atoms with E-state index in [-0.39, 0.29) is 11.7 Å². The zero-order chi connectivity index (χ0) is 27.2. The van der Waals surface area contributed by atoms with Crippen LogP contribution in [0.25, 0.3) is 0 Å². The highest BCUT2D eigenvalue weighted by Crippen LogP contribution is 2.30. The summed E-state index contributed by atoms with van der Waals surface area (Å²) < 4.78 is 30.9. The summed E-state index contributed by atoms with van der Waals surface area (Å²) in [6, 6.07) is 7.21. The molecule has 37 heavy (non-hydrogen) atoms. The van der Waals surface area contributed by atoms with Crippen LogP contribution < -0.4 is 10.6 Å². The first kappa shape index (κ1) is 30.6. The second-order valence-corrected chi connectivity index (χ2v) is 13.6. The molecule has 0 aliphatic carbocycles. The lowest BCUT2D eigenvalue weighted by atomic mass is 9.92. The quantitative estimate of drug-likeness (QED) is 0.259. The zero-order valence-corrected chi connectivity index (χ0v) is 23.6. The average Bonchev–Trinajstić information content (AvgIpc) is 3.12. The van der Waals surface area contributed by atoms with E-state index in [1.54, 1.807) is 43.5 Å². The minimum Gasteiger partial charge on any atom is -0.388 e. The molecule has 3 unspecified atom stereocenters. The fourth-order valence-corrected chi connectivity index (χ4v) is 7.26. The molecule has 0 spiro atoms. The molecular weight excluding hydrogens is 540 g/mol. The lowest BCUT2D eigenvalue weighted by Gasteiger charge is -2.44. The van der Waals surface area contributed by atoms with E-state index in [1.165, 1.54) is 11.8 Å². The minimum absolute atomic E-state index is 0.0987. The SMILES string of the molecule is CSC1O[C@H]([C@H](NC(=O)[C@@H]2CC[C@H](CCCS(=O)(=O)c3ccccc3)CCN2)[C@H](C)Cl)C(O)C(O)[C@H]1O. The zero-order valence-electron chi connectivity index (χ0n) is 21.2. The largest absolute Gasteiger partial charge is 0.388 e. The van der Waals surface area contributed by atoms with Gasteiger partial charge in [0.25, 0.3) is 0 Å². The number of rotatable bonds is 10. The number of halogens is 1. The van der Waals surface area contributed by atoms with Crippen molar-refractivity contribution in [3.8, 4) is 0 Å². The third-order valence-corrected chi connectivity index (χ3v) is 10.2. The fraction of sp³-hybridized carbons (Fsp3) is 0.720. The molecule has 1 aromatic rings. The molecule has 2 aliphatic rings. The Morgan fingerprint density at radius 2 is 1.86 bits per heavy atom. The number of amides is 1. The lowest BCUT2D eigenvalue weighted by Crippen LogP contribution is -2.65. The first-order valence-electron chi connectivity index (χ1n) is 12.7. The van der Waals surface area contributed by atoms with Crippen LogP contribution in [0.1, 0.15) is 39.0 Å². The summed E-state index contributed by atoms with van der Waals surface area (Å²) in [5.74, 6) is 0.130. The van der Waals surface area contributed by atoms with Gasteiger partial charge in [-0.15, -0.1) is 23.4 Å². The summed E-state index contributed by atoms with van der Waals surface area (Å²) in [5.41, 5.74) is -0.763. The molecule has 0 saturated carbocycles. The molecule has 9 nitrogen and oxygen atoms in total. The van der Waals surface area contributed by atoms with Crippen LogP contribution in [-0.4, -0.2) is 95.5 Å². The Morgan fingerprint density at radius 1 is 1.16 bits per heavy atom. The van der Waals surface area contributed by atoms with Gasteiger partial charge in [-0.3, -0.25) is 4.79 Å². The predicted octanol–water partition coefficient (Wildman–Crippen LogP) is 1.28. The maximum absolute atomic E-state index is 13.2. The smallest absolute Gasteiger partial charge is 0.237 e. The van der Waals surface area contributed by atoms with E-state index in [0.717, 1.165) is 19.3 Å². The first-order chi connectivity index (χ1) is 17.5. The third-order valence-electron chi connectivity index (χ3n) is 7.25. The Hall–Kier alpha value is -0.920. The van der Waals surface area contributed by atoms with Gasteiger partial charge in [-0.2, -0.15) is 0 Å². The van der Waals surface area contributed by atoms with Crippen molar-refractivity contribution in [3.63, 3.8) is 0 Å². The average molecular weight is 579 g/mol. The molecule has 2 aliphatic heterocycles. The molecule has 0 radical (unpaired) electrons. The molecule has 1 amide bonds. The third kappa shape index (κ3) is 8.04. The summed E-state index contributed by atoms with van der Waals surface area (Å²) in [7, 11) is -3.30. The standard InChI is InChI=1S/C25H39ClN2O7S2/c1-15(26)19(23-21(30)20(29)22(31)25(35-23)36-2)28-24(32)18-11-10-16(12-13-27-18)7-6-14-37(33,34)17-8-4-3-5-9-17/h3-5,8-9,15-16,18-23,25,27,29-31H,6-7,10-14H2,1-2H3,(H,28,32)/t15-,16-,18-,19+,20?,21?,22+,23+,25?/m0/s1. The molecule has 0 bridgehead atoms. The van der Waals surface area contributed by atoms with Gasteiger partial charge < -0.3 is 30.7 Å². The van der Waals surface area contributed by atoms with Crippen molar-refractivity contribution in [2.75, 3.05) is 18.6 Å². The highest BCUT2D eigenvalue weighted by atomic mass is 35.5. The molecule has 210 valence electrons. The summed E-state index contributed by atoms with van der Waals surface area (Å²) in [6.07, 6.45) is 0.160. The minimum atomic E-state index is -3.30. The van der Waals surface area contributed by atoms with Gasteiger partial charge in [0.05, 0.1) is 28.1 Å². The fourth-order valence-electron chi connectivity index (χ4n) is 5.02. The van der Waals surface area contributed by atoms with Crippen molar-refractivity contribution in [3.05, 3.63) is 30.3 Å². The van der Waals surface area contributed by atoms with Gasteiger partial charge in [-0.1, -0.05) is 18.2 Å². The van der Waals surface area contributed by atoms with Crippen LogP contribution >= 0.6 is 23.4 Å². The number of alkyl halides is 1. The van der Waals surface area contributed by atoms with Gasteiger partial charge in [-0.25, -0.2) is 8.42 Å². The number of carbonyl (C=O) groups is 1. The molecule has 0 aromatic heterocycles. The van der Waals surface area contributed by atoms with Crippen molar-refractivity contribution in [2.24, 2.45) is 5.92 Å². The highest BCUT2D eigenvalue weighted by molar-refractivity contribution is 7.99. The maximum atomic E-state index is 13.2. The van der Waals surface area contributed by atoms with Gasteiger partial charge >= 0.3 is 0 Å². The van der Waals surface area contributed by atoms with E-state index in [0.29, 0.717) is 30.2 Å². The number of thioether (sulfide) groups is 1. The first-order valence-corrected chi connectivity index (χ1v) is 16.1. The number of aliphatic hydroxyl groups is 3. The number of hydrogen-bond donors (Lipinski definition) is 5. The summed E-state index contributed by atoms with van der Waals surface area (Å²) in [6.45, 7) is 2.30. The number of hydrogen-bond acceptors (Lipinski definition) is 9. The van der Waals surface area contributed by atoms with Crippen molar-refractivity contribution >= 4 is 39.1 Å². The van der Waals surface area contributed by atoms with Crippen LogP contribution in [-0.2, 0) is 19.4 Å². The van der Waals surface area contributed by atoms with Gasteiger partial charge in [-0.05, 0) is 69.9 Å². The Labute approximate surface area is 228 Å². The number of aliphatic hydroxyl groups excluding tert-OH is 3. The van der Waals surface area contributed by atoms with Gasteiger partial charge in [0.1, 0.15) is 29.9 Å². The van der Waals surface area contributed by atoms with Crippen molar-refractivity contribution in [2.45, 2.75) is 91.2 Å². The number of sulfone groups is 1. The van der Waals surface area contributed by atoms with E-state index in [9.17, 15) is 28.5 Å². The Bertz CT molecular complexity index is 967. The molecule has 9 atom stereocenters. The van der Waals surface area contributed by atoms with Crippen LogP contribution in [0.2, 0.25) is 0 Å². The summed E-state index contributed by atoms with van der Waals surface area (Å²) in [4.78, 5) is 13.5. The molecular formula is C25H39ClN2O7S2. The molecule has 12 heteroatoms. The second kappa shape index (κ2) is 13.9. The van der Waals surface area contributed by atoms with Crippen molar-refractivity contribution in [1.82, 2.24) is 10.6 Å². The second-order valence-electron chi connectivity index (χ2n) is 9.90. The van der Waals surface area contributed by atoms with Crippen LogP contribution in [0.4, 0.5) is 0 Å². The number of ether oxygens (including phenoxy) is 1. The van der Waals surface area contributed by atoms with E-state index in [1.807, 2.05) is 0 Å². The predicted molar refractivity (Wildman–Crippen MR) is 144 cm³/mol. The summed E-state index contributed by atoms with van der Waals surface area (Å²) in [5, 5.41) is 36.5. The Balaban J connectivity index is 1.53. The van der Waals surface area contributed by atoms with Gasteiger partial charge in [0.2, 0.25) is 5.91 Å².